The van der Waals surface area contributed by atoms with Crippen molar-refractivity contribution in [3.63, 3.8) is 0 Å². The summed E-state index contributed by atoms with van der Waals surface area (Å²) in [5.74, 6) is -0.361. The molecule has 0 radical (unpaired) electrons. The molecule has 0 spiro atoms. The molecule has 1 saturated carbocycles. The van der Waals surface area contributed by atoms with Gasteiger partial charge in [0.05, 0.1) is 0 Å². The molecule has 0 heterocycles. The van der Waals surface area contributed by atoms with Crippen LogP contribution >= 0.6 is 0 Å². The fourth-order valence-electron chi connectivity index (χ4n) is 1.76. The van der Waals surface area contributed by atoms with Crippen LogP contribution in [-0.4, -0.2) is 17.1 Å². The number of hydrogen-bond donors (Lipinski definition) is 2. The Hall–Kier alpha value is -0.570. The SMILES string of the molecule is N[C@@H]1CCC[C@@H](CC(=O)O)C1. The normalized spacial score (nSPS) is 31.7. The minimum atomic E-state index is -0.691. The van der Waals surface area contributed by atoms with Gasteiger partial charge in [-0.1, -0.05) is 6.42 Å². The molecule has 0 amide bonds. The summed E-state index contributed by atoms with van der Waals surface area (Å²) in [7, 11) is 0. The molecule has 0 aliphatic heterocycles. The molecule has 1 fully saturated rings. The van der Waals surface area contributed by atoms with Gasteiger partial charge >= 0.3 is 5.97 Å². The molecule has 2 atom stereocenters. The highest BCUT2D eigenvalue weighted by Gasteiger charge is 2.20. The lowest BCUT2D eigenvalue weighted by atomic mass is 9.84. The largest absolute Gasteiger partial charge is 0.481 e. The molecule has 0 aromatic heterocycles. The van der Waals surface area contributed by atoms with Gasteiger partial charge in [0, 0.05) is 12.5 Å². The number of carboxylic acids is 1. The number of carbonyl (C=O) groups is 1. The third-order valence-electron chi connectivity index (χ3n) is 2.29. The Balaban J connectivity index is 2.28. The number of aliphatic carboxylic acids is 1. The Morgan fingerprint density at radius 1 is 1.55 bits per heavy atom. The molecule has 1 aliphatic carbocycles. The van der Waals surface area contributed by atoms with E-state index in [0.717, 1.165) is 25.7 Å². The highest BCUT2D eigenvalue weighted by Crippen LogP contribution is 2.25. The summed E-state index contributed by atoms with van der Waals surface area (Å²) in [6.45, 7) is 0. The van der Waals surface area contributed by atoms with Crippen LogP contribution in [0.25, 0.3) is 0 Å². The number of carboxylic acid groups (broad SMARTS) is 1. The first-order chi connectivity index (χ1) is 5.18. The van der Waals surface area contributed by atoms with Crippen molar-refractivity contribution < 1.29 is 9.90 Å². The van der Waals surface area contributed by atoms with Crippen LogP contribution in [0.1, 0.15) is 32.1 Å². The molecular formula is C8H15NO2. The molecule has 1 rings (SSSR count). The molecule has 3 N–H and O–H groups in total. The van der Waals surface area contributed by atoms with E-state index >= 15 is 0 Å². The molecule has 64 valence electrons. The maximum atomic E-state index is 10.3. The Morgan fingerprint density at radius 2 is 2.27 bits per heavy atom. The molecule has 11 heavy (non-hydrogen) atoms. The highest BCUT2D eigenvalue weighted by atomic mass is 16.4. The van der Waals surface area contributed by atoms with Crippen molar-refractivity contribution in [3.05, 3.63) is 0 Å². The first-order valence-electron chi connectivity index (χ1n) is 4.16. The minimum absolute atomic E-state index is 0.244. The molecular weight excluding hydrogens is 142 g/mol. The summed E-state index contributed by atoms with van der Waals surface area (Å²) >= 11 is 0. The van der Waals surface area contributed by atoms with Gasteiger partial charge < -0.3 is 10.8 Å². The second-order valence-electron chi connectivity index (χ2n) is 3.39. The molecule has 0 bridgehead atoms. The smallest absolute Gasteiger partial charge is 0.303 e. The van der Waals surface area contributed by atoms with Crippen LogP contribution in [-0.2, 0) is 4.79 Å². The third kappa shape index (κ3) is 2.89. The van der Waals surface area contributed by atoms with E-state index in [9.17, 15) is 4.79 Å². The van der Waals surface area contributed by atoms with Crippen LogP contribution in [0.5, 0.6) is 0 Å². The summed E-state index contributed by atoms with van der Waals surface area (Å²) in [6, 6.07) is 0.244. The van der Waals surface area contributed by atoms with E-state index in [1.165, 1.54) is 0 Å². The Kier molecular flexibility index (Phi) is 2.88. The van der Waals surface area contributed by atoms with Crippen LogP contribution in [0, 0.1) is 5.92 Å². The second kappa shape index (κ2) is 3.72. The van der Waals surface area contributed by atoms with Gasteiger partial charge in [0.15, 0.2) is 0 Å². The molecule has 3 heteroatoms. The van der Waals surface area contributed by atoms with E-state index in [0.29, 0.717) is 12.3 Å². The third-order valence-corrected chi connectivity index (χ3v) is 2.29. The predicted octanol–water partition coefficient (Wildman–Crippen LogP) is 0.979. The van der Waals surface area contributed by atoms with Gasteiger partial charge in [0.25, 0.3) is 0 Å². The maximum absolute atomic E-state index is 10.3. The standard InChI is InChI=1S/C8H15NO2/c9-7-3-1-2-6(4-7)5-8(10)11/h6-7H,1-5,9H2,(H,10,11)/t6-,7-/m1/s1. The van der Waals surface area contributed by atoms with Gasteiger partial charge in [-0.2, -0.15) is 0 Å². The van der Waals surface area contributed by atoms with Crippen molar-refractivity contribution in [3.8, 4) is 0 Å². The zero-order valence-electron chi connectivity index (χ0n) is 6.62. The molecule has 0 aromatic carbocycles. The maximum Gasteiger partial charge on any atom is 0.303 e. The summed E-state index contributed by atoms with van der Waals surface area (Å²) in [6.07, 6.45) is 4.40. The van der Waals surface area contributed by atoms with Crippen LogP contribution in [0.2, 0.25) is 0 Å². The van der Waals surface area contributed by atoms with Crippen molar-refractivity contribution in [1.29, 1.82) is 0 Å². The van der Waals surface area contributed by atoms with Gasteiger partial charge in [-0.3, -0.25) is 4.79 Å². The van der Waals surface area contributed by atoms with E-state index in [1.54, 1.807) is 0 Å². The van der Waals surface area contributed by atoms with Gasteiger partial charge in [-0.25, -0.2) is 0 Å². The monoisotopic (exact) mass is 157 g/mol. The van der Waals surface area contributed by atoms with Gasteiger partial charge in [-0.05, 0) is 25.2 Å². The fraction of sp³-hybridized carbons (Fsp3) is 0.875. The number of hydrogen-bond acceptors (Lipinski definition) is 2. The fourth-order valence-corrected chi connectivity index (χ4v) is 1.76. The zero-order valence-corrected chi connectivity index (χ0v) is 6.62. The number of rotatable bonds is 2. The van der Waals surface area contributed by atoms with Crippen LogP contribution < -0.4 is 5.73 Å². The predicted molar refractivity (Wildman–Crippen MR) is 42.2 cm³/mol. The van der Waals surface area contributed by atoms with Crippen LogP contribution in [0.3, 0.4) is 0 Å². The average Bonchev–Trinajstić information content (AvgIpc) is 1.85. The van der Waals surface area contributed by atoms with Crippen molar-refractivity contribution in [1.82, 2.24) is 0 Å². The molecule has 0 unspecified atom stereocenters. The average molecular weight is 157 g/mol. The Morgan fingerprint density at radius 3 is 2.82 bits per heavy atom. The summed E-state index contributed by atoms with van der Waals surface area (Å²) < 4.78 is 0. The van der Waals surface area contributed by atoms with Crippen LogP contribution in [0.15, 0.2) is 0 Å². The van der Waals surface area contributed by atoms with Gasteiger partial charge in [0.2, 0.25) is 0 Å². The molecule has 0 saturated heterocycles. The van der Waals surface area contributed by atoms with Crippen molar-refractivity contribution in [2.45, 2.75) is 38.1 Å². The molecule has 1 aliphatic rings. The quantitative estimate of drug-likeness (QED) is 0.628. The Labute approximate surface area is 66.6 Å². The Bertz CT molecular complexity index is 147. The molecule has 3 nitrogen and oxygen atoms in total. The zero-order chi connectivity index (χ0) is 8.27. The number of nitrogens with two attached hydrogens (primary N) is 1. The van der Waals surface area contributed by atoms with E-state index < -0.39 is 5.97 Å². The molecule has 0 aromatic rings. The highest BCUT2D eigenvalue weighted by molar-refractivity contribution is 5.67. The van der Waals surface area contributed by atoms with Gasteiger partial charge in [-0.15, -0.1) is 0 Å². The van der Waals surface area contributed by atoms with Crippen molar-refractivity contribution >= 4 is 5.97 Å². The topological polar surface area (TPSA) is 63.3 Å². The lowest BCUT2D eigenvalue weighted by molar-refractivity contribution is -0.138. The second-order valence-corrected chi connectivity index (χ2v) is 3.39. The van der Waals surface area contributed by atoms with Crippen molar-refractivity contribution in [2.75, 3.05) is 0 Å². The van der Waals surface area contributed by atoms with E-state index in [2.05, 4.69) is 0 Å². The lowest BCUT2D eigenvalue weighted by Gasteiger charge is -2.24. The van der Waals surface area contributed by atoms with E-state index in [-0.39, 0.29) is 6.04 Å². The van der Waals surface area contributed by atoms with Crippen LogP contribution in [0.4, 0.5) is 0 Å². The van der Waals surface area contributed by atoms with E-state index in [4.69, 9.17) is 10.8 Å². The summed E-state index contributed by atoms with van der Waals surface area (Å²) in [5.41, 5.74) is 5.71. The summed E-state index contributed by atoms with van der Waals surface area (Å²) in [4.78, 5) is 10.3. The first-order valence-corrected chi connectivity index (χ1v) is 4.16. The minimum Gasteiger partial charge on any atom is -0.481 e. The lowest BCUT2D eigenvalue weighted by Crippen LogP contribution is -2.28. The van der Waals surface area contributed by atoms with Crippen molar-refractivity contribution in [2.24, 2.45) is 11.7 Å². The summed E-state index contributed by atoms with van der Waals surface area (Å²) in [5, 5.41) is 8.51. The van der Waals surface area contributed by atoms with E-state index in [1.807, 2.05) is 0 Å². The first kappa shape index (κ1) is 8.53. The van der Waals surface area contributed by atoms with Gasteiger partial charge in [0.1, 0.15) is 0 Å².